The zero-order valence-corrected chi connectivity index (χ0v) is 12.8. The van der Waals surface area contributed by atoms with Crippen LogP contribution in [0.25, 0.3) is 0 Å². The van der Waals surface area contributed by atoms with Crippen molar-refractivity contribution in [2.75, 3.05) is 18.4 Å². The molecule has 6 nitrogen and oxygen atoms in total. The fourth-order valence-corrected chi connectivity index (χ4v) is 3.04. The minimum absolute atomic E-state index is 0.134. The molecular formula is C17H21N3O3. The minimum Gasteiger partial charge on any atom is -0.494 e. The molecule has 1 aliphatic rings. The maximum absolute atomic E-state index is 12.3. The van der Waals surface area contributed by atoms with E-state index in [0.717, 1.165) is 41.7 Å². The molecule has 1 saturated heterocycles. The van der Waals surface area contributed by atoms with Gasteiger partial charge in [0.25, 0.3) is 0 Å². The van der Waals surface area contributed by atoms with Gasteiger partial charge >= 0.3 is 0 Å². The van der Waals surface area contributed by atoms with E-state index in [2.05, 4.69) is 16.7 Å². The number of aromatic nitrogens is 1. The Bertz CT molecular complexity index is 671. The Morgan fingerprint density at radius 3 is 2.48 bits per heavy atom. The summed E-state index contributed by atoms with van der Waals surface area (Å²) in [6.07, 6.45) is 2.10. The third-order valence-electron chi connectivity index (χ3n) is 4.25. The summed E-state index contributed by atoms with van der Waals surface area (Å²) in [5.41, 5.74) is 1.94. The van der Waals surface area contributed by atoms with E-state index < -0.39 is 0 Å². The van der Waals surface area contributed by atoms with Gasteiger partial charge in [0.2, 0.25) is 5.91 Å². The van der Waals surface area contributed by atoms with Crippen molar-refractivity contribution in [2.24, 2.45) is 0 Å². The van der Waals surface area contributed by atoms with E-state index in [1.54, 1.807) is 0 Å². The first-order valence-electron chi connectivity index (χ1n) is 7.82. The van der Waals surface area contributed by atoms with Gasteiger partial charge in [-0.3, -0.25) is 9.36 Å². The Morgan fingerprint density at radius 1 is 1.13 bits per heavy atom. The number of hydrogen-bond acceptors (Lipinski definition) is 4. The summed E-state index contributed by atoms with van der Waals surface area (Å²) in [4.78, 5) is 12.3. The number of benzene rings is 1. The van der Waals surface area contributed by atoms with Crippen LogP contribution in [0.3, 0.4) is 0 Å². The number of amides is 1. The monoisotopic (exact) mass is 315 g/mol. The van der Waals surface area contributed by atoms with Gasteiger partial charge in [0.1, 0.15) is 6.54 Å². The second-order valence-corrected chi connectivity index (χ2v) is 5.80. The van der Waals surface area contributed by atoms with Crippen LogP contribution in [-0.4, -0.2) is 33.8 Å². The molecule has 1 aromatic heterocycles. The summed E-state index contributed by atoms with van der Waals surface area (Å²) in [7, 11) is 0. The fraction of sp³-hybridized carbons (Fsp3) is 0.353. The summed E-state index contributed by atoms with van der Waals surface area (Å²) in [5.74, 6) is -0.122. The van der Waals surface area contributed by atoms with Crippen LogP contribution in [0.5, 0.6) is 11.8 Å². The lowest BCUT2D eigenvalue weighted by atomic mass is 9.89. The predicted molar refractivity (Wildman–Crippen MR) is 87.7 cm³/mol. The van der Waals surface area contributed by atoms with Crippen LogP contribution >= 0.6 is 0 Å². The normalized spacial score (nSPS) is 15.5. The van der Waals surface area contributed by atoms with E-state index in [4.69, 9.17) is 0 Å². The van der Waals surface area contributed by atoms with Gasteiger partial charge in [-0.1, -0.05) is 18.2 Å². The molecule has 2 heterocycles. The highest BCUT2D eigenvalue weighted by molar-refractivity contribution is 5.91. The molecule has 2 aromatic rings. The first kappa shape index (κ1) is 15.4. The molecule has 0 saturated carbocycles. The second-order valence-electron chi connectivity index (χ2n) is 5.80. The third kappa shape index (κ3) is 3.48. The highest BCUT2D eigenvalue weighted by Gasteiger charge is 2.19. The highest BCUT2D eigenvalue weighted by atomic mass is 16.3. The number of aromatic hydroxyl groups is 2. The van der Waals surface area contributed by atoms with Crippen LogP contribution in [0.2, 0.25) is 0 Å². The first-order valence-corrected chi connectivity index (χ1v) is 7.82. The molecule has 0 spiro atoms. The Labute approximate surface area is 134 Å². The second kappa shape index (κ2) is 6.75. The van der Waals surface area contributed by atoms with Crippen molar-refractivity contribution in [1.29, 1.82) is 0 Å². The van der Waals surface area contributed by atoms with Gasteiger partial charge in [0.05, 0.1) is 0 Å². The zero-order chi connectivity index (χ0) is 16.2. The van der Waals surface area contributed by atoms with Crippen LogP contribution in [0.15, 0.2) is 36.4 Å². The zero-order valence-electron chi connectivity index (χ0n) is 12.8. The maximum Gasteiger partial charge on any atom is 0.244 e. The summed E-state index contributed by atoms with van der Waals surface area (Å²) >= 11 is 0. The van der Waals surface area contributed by atoms with E-state index in [9.17, 15) is 15.0 Å². The smallest absolute Gasteiger partial charge is 0.244 e. The number of carbonyl (C=O) groups excluding carboxylic acids is 1. The molecule has 122 valence electrons. The molecule has 0 aliphatic carbocycles. The molecule has 1 aliphatic heterocycles. The van der Waals surface area contributed by atoms with Gasteiger partial charge in [0.15, 0.2) is 11.8 Å². The number of rotatable bonds is 4. The quantitative estimate of drug-likeness (QED) is 0.695. The molecule has 1 aromatic carbocycles. The Kier molecular flexibility index (Phi) is 4.52. The lowest BCUT2D eigenvalue weighted by Crippen LogP contribution is -2.27. The molecule has 0 atom stereocenters. The summed E-state index contributed by atoms with van der Waals surface area (Å²) < 4.78 is 1.16. The molecule has 1 fully saturated rings. The van der Waals surface area contributed by atoms with Gasteiger partial charge in [0, 0.05) is 17.8 Å². The predicted octanol–water partition coefficient (Wildman–Crippen LogP) is 2.00. The van der Waals surface area contributed by atoms with E-state index in [0.29, 0.717) is 5.92 Å². The third-order valence-corrected chi connectivity index (χ3v) is 4.25. The Hall–Kier alpha value is -2.47. The number of piperidine rings is 1. The summed E-state index contributed by atoms with van der Waals surface area (Å²) in [6.45, 7) is 1.83. The Morgan fingerprint density at radius 2 is 1.78 bits per heavy atom. The lowest BCUT2D eigenvalue weighted by molar-refractivity contribution is -0.116. The first-order chi connectivity index (χ1) is 11.1. The standard InChI is InChI=1S/C17H21N3O3/c21-15(11-20-16(22)5-6-17(20)23)19-14-4-2-1-3-13(14)12-7-9-18-10-8-12/h1-6,12,18,22-23H,7-11H2,(H,19,21). The van der Waals surface area contributed by atoms with Gasteiger partial charge in [-0.2, -0.15) is 0 Å². The van der Waals surface area contributed by atoms with Crippen molar-refractivity contribution in [2.45, 2.75) is 25.3 Å². The van der Waals surface area contributed by atoms with Gasteiger partial charge < -0.3 is 20.8 Å². The number of para-hydroxylation sites is 1. The summed E-state index contributed by atoms with van der Waals surface area (Å²) in [6, 6.07) is 10.5. The van der Waals surface area contributed by atoms with Gasteiger partial charge in [-0.15, -0.1) is 0 Å². The number of nitrogens with zero attached hydrogens (tertiary/aromatic N) is 1. The topological polar surface area (TPSA) is 86.5 Å². The molecule has 0 unspecified atom stereocenters. The molecule has 6 heteroatoms. The van der Waals surface area contributed by atoms with Crippen molar-refractivity contribution in [3.63, 3.8) is 0 Å². The van der Waals surface area contributed by atoms with E-state index in [1.165, 1.54) is 12.1 Å². The van der Waals surface area contributed by atoms with E-state index in [1.807, 2.05) is 18.2 Å². The average Bonchev–Trinajstić information content (AvgIpc) is 2.88. The molecule has 3 rings (SSSR count). The number of carbonyl (C=O) groups is 1. The minimum atomic E-state index is -0.284. The molecule has 23 heavy (non-hydrogen) atoms. The van der Waals surface area contributed by atoms with Crippen LogP contribution < -0.4 is 10.6 Å². The SMILES string of the molecule is O=C(Cn1c(O)ccc1O)Nc1ccccc1C1CCNCC1. The molecule has 4 N–H and O–H groups in total. The maximum atomic E-state index is 12.3. The number of nitrogens with one attached hydrogen (secondary N) is 2. The summed E-state index contributed by atoms with van der Waals surface area (Å²) in [5, 5.41) is 25.5. The highest BCUT2D eigenvalue weighted by Crippen LogP contribution is 2.31. The van der Waals surface area contributed by atoms with Crippen molar-refractivity contribution in [3.05, 3.63) is 42.0 Å². The molecule has 0 radical (unpaired) electrons. The number of hydrogen-bond donors (Lipinski definition) is 4. The van der Waals surface area contributed by atoms with Crippen LogP contribution in [0.4, 0.5) is 5.69 Å². The van der Waals surface area contributed by atoms with E-state index in [-0.39, 0.29) is 24.2 Å². The van der Waals surface area contributed by atoms with Crippen LogP contribution in [-0.2, 0) is 11.3 Å². The molecular weight excluding hydrogens is 294 g/mol. The van der Waals surface area contributed by atoms with Crippen LogP contribution in [0.1, 0.15) is 24.3 Å². The van der Waals surface area contributed by atoms with Gasteiger partial charge in [-0.25, -0.2) is 0 Å². The van der Waals surface area contributed by atoms with Crippen molar-refractivity contribution in [3.8, 4) is 11.8 Å². The van der Waals surface area contributed by atoms with E-state index >= 15 is 0 Å². The van der Waals surface area contributed by atoms with Gasteiger partial charge in [-0.05, 0) is 43.5 Å². The van der Waals surface area contributed by atoms with Crippen molar-refractivity contribution < 1.29 is 15.0 Å². The average molecular weight is 315 g/mol. The number of anilines is 1. The lowest BCUT2D eigenvalue weighted by Gasteiger charge is -2.25. The van der Waals surface area contributed by atoms with Crippen molar-refractivity contribution in [1.82, 2.24) is 9.88 Å². The fourth-order valence-electron chi connectivity index (χ4n) is 3.04. The largest absolute Gasteiger partial charge is 0.494 e. The molecule has 1 amide bonds. The molecule has 0 bridgehead atoms. The van der Waals surface area contributed by atoms with Crippen LogP contribution in [0, 0.1) is 0 Å². The van der Waals surface area contributed by atoms with Crippen molar-refractivity contribution >= 4 is 11.6 Å². The Balaban J connectivity index is 1.73.